The van der Waals surface area contributed by atoms with Crippen molar-refractivity contribution in [3.8, 4) is 11.3 Å². The third kappa shape index (κ3) is 3.55. The Morgan fingerprint density at radius 1 is 1.21 bits per heavy atom. The first-order valence-electron chi connectivity index (χ1n) is 9.54. The van der Waals surface area contributed by atoms with Crippen molar-refractivity contribution in [3.63, 3.8) is 0 Å². The fraction of sp³-hybridized carbons (Fsp3) is 0.500. The van der Waals surface area contributed by atoms with Gasteiger partial charge in [-0.3, -0.25) is 4.90 Å². The van der Waals surface area contributed by atoms with Gasteiger partial charge in [-0.15, -0.1) is 0 Å². The van der Waals surface area contributed by atoms with Gasteiger partial charge in [-0.2, -0.15) is 4.98 Å². The largest absolute Gasteiger partial charge is 0.378 e. The molecule has 0 atom stereocenters. The molecule has 0 saturated carbocycles. The molecule has 0 bridgehead atoms. The number of morpholine rings is 1. The minimum atomic E-state index is -0.133. The second-order valence-corrected chi connectivity index (χ2v) is 6.74. The van der Waals surface area contributed by atoms with Gasteiger partial charge in [0.05, 0.1) is 18.9 Å². The highest BCUT2D eigenvalue weighted by Gasteiger charge is 2.31. The molecule has 10 heteroatoms. The average Bonchev–Trinajstić information content (AvgIpc) is 3.17. The molecule has 2 aromatic rings. The molecule has 2 aliphatic rings. The van der Waals surface area contributed by atoms with Crippen LogP contribution in [0.2, 0.25) is 0 Å². The maximum Gasteiger partial charge on any atom is 0.323 e. The van der Waals surface area contributed by atoms with Crippen LogP contribution in [-0.2, 0) is 11.2 Å². The highest BCUT2D eigenvalue weighted by molar-refractivity contribution is 5.94. The normalized spacial score (nSPS) is 16.2. The molecule has 28 heavy (non-hydrogen) atoms. The Bertz CT molecular complexity index is 851. The van der Waals surface area contributed by atoms with Gasteiger partial charge in [-0.25, -0.2) is 19.7 Å². The van der Waals surface area contributed by atoms with E-state index in [0.29, 0.717) is 57.6 Å². The van der Waals surface area contributed by atoms with Crippen LogP contribution in [0.3, 0.4) is 0 Å². The smallest absolute Gasteiger partial charge is 0.323 e. The second-order valence-electron chi connectivity index (χ2n) is 6.74. The number of amides is 2. The van der Waals surface area contributed by atoms with Gasteiger partial charge in [0.15, 0.2) is 0 Å². The molecule has 0 spiro atoms. The summed E-state index contributed by atoms with van der Waals surface area (Å²) >= 11 is 0. The number of nitrogen functional groups attached to an aromatic ring is 1. The SMILES string of the molecule is CCCNC(=O)N1CCc2c(-c3cnc(N)nc3)nc(N3CCOCC3)nc21. The molecule has 2 aliphatic heterocycles. The quantitative estimate of drug-likeness (QED) is 0.795. The molecule has 3 N–H and O–H groups in total. The van der Waals surface area contributed by atoms with Crippen molar-refractivity contribution in [1.82, 2.24) is 25.3 Å². The van der Waals surface area contributed by atoms with Crippen LogP contribution in [0, 0.1) is 0 Å². The Balaban J connectivity index is 1.76. The van der Waals surface area contributed by atoms with Crippen molar-refractivity contribution in [2.45, 2.75) is 19.8 Å². The first-order chi connectivity index (χ1) is 13.7. The van der Waals surface area contributed by atoms with Crippen LogP contribution in [0.5, 0.6) is 0 Å². The van der Waals surface area contributed by atoms with Crippen molar-refractivity contribution in [2.75, 3.05) is 54.9 Å². The summed E-state index contributed by atoms with van der Waals surface area (Å²) in [4.78, 5) is 34.1. The number of nitrogens with one attached hydrogen (secondary N) is 1. The fourth-order valence-electron chi connectivity index (χ4n) is 3.37. The first kappa shape index (κ1) is 18.4. The summed E-state index contributed by atoms with van der Waals surface area (Å²) in [7, 11) is 0. The van der Waals surface area contributed by atoms with E-state index in [4.69, 9.17) is 20.4 Å². The summed E-state index contributed by atoms with van der Waals surface area (Å²) in [6.07, 6.45) is 4.88. The molecule has 0 aromatic carbocycles. The number of nitrogens with zero attached hydrogens (tertiary/aromatic N) is 6. The van der Waals surface area contributed by atoms with E-state index in [1.54, 1.807) is 17.3 Å². The maximum atomic E-state index is 12.6. The van der Waals surface area contributed by atoms with Crippen LogP contribution in [0.15, 0.2) is 12.4 Å². The van der Waals surface area contributed by atoms with Crippen molar-refractivity contribution < 1.29 is 9.53 Å². The van der Waals surface area contributed by atoms with Crippen LogP contribution in [0.1, 0.15) is 18.9 Å². The number of hydrogen-bond acceptors (Lipinski definition) is 8. The Labute approximate surface area is 163 Å². The molecule has 4 heterocycles. The lowest BCUT2D eigenvalue weighted by Crippen LogP contribution is -2.40. The molecule has 0 radical (unpaired) electrons. The lowest BCUT2D eigenvalue weighted by molar-refractivity contribution is 0.122. The molecule has 0 aliphatic carbocycles. The summed E-state index contributed by atoms with van der Waals surface area (Å²) in [5, 5.41) is 2.93. The number of ether oxygens (including phenoxy) is 1. The van der Waals surface area contributed by atoms with E-state index in [1.807, 2.05) is 6.92 Å². The molecule has 1 saturated heterocycles. The number of aromatic nitrogens is 4. The topological polar surface area (TPSA) is 122 Å². The predicted octanol–water partition coefficient (Wildman–Crippen LogP) is 0.834. The lowest BCUT2D eigenvalue weighted by atomic mass is 10.1. The van der Waals surface area contributed by atoms with Crippen molar-refractivity contribution in [2.24, 2.45) is 0 Å². The first-order valence-corrected chi connectivity index (χ1v) is 9.54. The predicted molar refractivity (Wildman–Crippen MR) is 105 cm³/mol. The molecular weight excluding hydrogens is 360 g/mol. The van der Waals surface area contributed by atoms with Crippen molar-refractivity contribution >= 4 is 23.7 Å². The highest BCUT2D eigenvalue weighted by atomic mass is 16.5. The third-order valence-electron chi connectivity index (χ3n) is 4.83. The zero-order chi connectivity index (χ0) is 19.5. The van der Waals surface area contributed by atoms with Crippen LogP contribution >= 0.6 is 0 Å². The molecule has 2 aromatic heterocycles. The van der Waals surface area contributed by atoms with E-state index >= 15 is 0 Å². The Morgan fingerprint density at radius 2 is 1.96 bits per heavy atom. The number of rotatable bonds is 4. The number of nitrogens with two attached hydrogens (primary N) is 1. The van der Waals surface area contributed by atoms with E-state index in [-0.39, 0.29) is 12.0 Å². The molecule has 148 valence electrons. The second kappa shape index (κ2) is 7.93. The van der Waals surface area contributed by atoms with E-state index in [2.05, 4.69) is 20.2 Å². The third-order valence-corrected chi connectivity index (χ3v) is 4.83. The standard InChI is InChI=1S/C18H24N8O2/c1-2-4-20-18(27)26-5-3-13-14(12-10-21-16(19)22-11-12)23-17(24-15(13)26)25-6-8-28-9-7-25/h10-11H,2-9H2,1H3,(H,20,27)(H2,19,21,22). The number of urea groups is 1. The van der Waals surface area contributed by atoms with E-state index in [9.17, 15) is 4.79 Å². The lowest BCUT2D eigenvalue weighted by Gasteiger charge is -2.28. The van der Waals surface area contributed by atoms with Crippen LogP contribution in [0.25, 0.3) is 11.3 Å². The number of carbonyl (C=O) groups excluding carboxylic acids is 1. The molecule has 0 unspecified atom stereocenters. The fourth-order valence-corrected chi connectivity index (χ4v) is 3.37. The number of anilines is 3. The average molecular weight is 384 g/mol. The number of carbonyl (C=O) groups is 1. The molecule has 2 amide bonds. The van der Waals surface area contributed by atoms with Gasteiger partial charge < -0.3 is 20.7 Å². The van der Waals surface area contributed by atoms with E-state index in [1.165, 1.54) is 0 Å². The van der Waals surface area contributed by atoms with Gasteiger partial charge in [0.1, 0.15) is 5.82 Å². The highest BCUT2D eigenvalue weighted by Crippen LogP contribution is 2.35. The van der Waals surface area contributed by atoms with Crippen molar-refractivity contribution in [1.29, 1.82) is 0 Å². The molecule has 10 nitrogen and oxygen atoms in total. The van der Waals surface area contributed by atoms with Crippen LogP contribution in [0.4, 0.5) is 22.5 Å². The minimum Gasteiger partial charge on any atom is -0.378 e. The molecular formula is C18H24N8O2. The number of fused-ring (bicyclic) bond motifs is 1. The summed E-state index contributed by atoms with van der Waals surface area (Å²) < 4.78 is 5.44. The Morgan fingerprint density at radius 3 is 2.68 bits per heavy atom. The zero-order valence-corrected chi connectivity index (χ0v) is 15.9. The van der Waals surface area contributed by atoms with Gasteiger partial charge in [-0.05, 0) is 12.8 Å². The van der Waals surface area contributed by atoms with Gasteiger partial charge in [-0.1, -0.05) is 6.92 Å². The summed E-state index contributed by atoms with van der Waals surface area (Å²) in [5.41, 5.74) is 8.07. The van der Waals surface area contributed by atoms with Crippen LogP contribution < -0.4 is 20.9 Å². The summed E-state index contributed by atoms with van der Waals surface area (Å²) in [5.74, 6) is 1.45. The monoisotopic (exact) mass is 384 g/mol. The summed E-state index contributed by atoms with van der Waals surface area (Å²) in [6.45, 7) is 5.88. The van der Waals surface area contributed by atoms with Gasteiger partial charge in [0.25, 0.3) is 0 Å². The number of hydrogen-bond donors (Lipinski definition) is 2. The Kier molecular flexibility index (Phi) is 5.20. The van der Waals surface area contributed by atoms with Gasteiger partial charge in [0, 0.05) is 49.7 Å². The van der Waals surface area contributed by atoms with Gasteiger partial charge >= 0.3 is 6.03 Å². The van der Waals surface area contributed by atoms with Gasteiger partial charge in [0.2, 0.25) is 11.9 Å². The minimum absolute atomic E-state index is 0.133. The van der Waals surface area contributed by atoms with Crippen LogP contribution in [-0.4, -0.2) is 65.4 Å². The molecule has 1 fully saturated rings. The van der Waals surface area contributed by atoms with E-state index < -0.39 is 0 Å². The summed E-state index contributed by atoms with van der Waals surface area (Å²) in [6, 6.07) is -0.133. The maximum absolute atomic E-state index is 12.6. The molecule has 4 rings (SSSR count). The van der Waals surface area contributed by atoms with E-state index in [0.717, 1.165) is 23.2 Å². The Hall–Kier alpha value is -3.01. The van der Waals surface area contributed by atoms with Crippen molar-refractivity contribution in [3.05, 3.63) is 18.0 Å². The zero-order valence-electron chi connectivity index (χ0n) is 15.9.